The van der Waals surface area contributed by atoms with Crippen LogP contribution in [0.25, 0.3) is 10.8 Å². The van der Waals surface area contributed by atoms with Crippen LogP contribution in [0.5, 0.6) is 5.75 Å². The summed E-state index contributed by atoms with van der Waals surface area (Å²) in [5.74, 6) is 0.320. The number of hydrogen-bond donors (Lipinski definition) is 2. The van der Waals surface area contributed by atoms with Crippen LogP contribution in [0.3, 0.4) is 0 Å². The van der Waals surface area contributed by atoms with Gasteiger partial charge in [0.05, 0.1) is 6.21 Å². The lowest BCUT2D eigenvalue weighted by Crippen LogP contribution is -2.24. The number of halogens is 1. The zero-order valence-electron chi connectivity index (χ0n) is 17.5. The van der Waals surface area contributed by atoms with E-state index in [2.05, 4.69) is 15.8 Å². The molecule has 5 nitrogen and oxygen atoms in total. The van der Waals surface area contributed by atoms with Gasteiger partial charge in [0.25, 0.3) is 0 Å². The summed E-state index contributed by atoms with van der Waals surface area (Å²) in [5, 5.41) is 8.86. The molecule has 0 aromatic heterocycles. The Labute approximate surface area is 185 Å². The Kier molecular flexibility index (Phi) is 6.41. The first-order valence-electron chi connectivity index (χ1n) is 10.1. The quantitative estimate of drug-likeness (QED) is 0.292. The fourth-order valence-corrected chi connectivity index (χ4v) is 3.30. The number of aryl methyl sites for hydroxylation is 1. The van der Waals surface area contributed by atoms with E-state index in [0.717, 1.165) is 27.5 Å². The van der Waals surface area contributed by atoms with Gasteiger partial charge in [-0.05, 0) is 53.1 Å². The summed E-state index contributed by atoms with van der Waals surface area (Å²) in [5.41, 5.74) is 5.76. The van der Waals surface area contributed by atoms with Crippen LogP contribution in [0.4, 0.5) is 14.9 Å². The average molecular weight is 427 g/mol. The molecule has 2 amide bonds. The Hall–Kier alpha value is -4.19. The molecule has 0 aliphatic rings. The van der Waals surface area contributed by atoms with Crippen LogP contribution in [0.2, 0.25) is 0 Å². The van der Waals surface area contributed by atoms with Gasteiger partial charge in [0.1, 0.15) is 18.2 Å². The minimum atomic E-state index is -0.440. The molecular weight excluding hydrogens is 405 g/mol. The number of ether oxygens (including phenoxy) is 1. The third-order valence-electron chi connectivity index (χ3n) is 4.99. The molecule has 2 N–H and O–H groups in total. The standard InChI is InChI=1S/C26H22FN3O2/c1-18-6-2-5-9-24(18)29-26(31)30-28-16-23-22-8-4-3-7-20(22)12-15-25(23)32-17-19-10-13-21(27)14-11-19/h2-16H,17H2,1H3,(H2,29,30,31). The third kappa shape index (κ3) is 5.10. The molecule has 160 valence electrons. The highest BCUT2D eigenvalue weighted by Gasteiger charge is 2.09. The summed E-state index contributed by atoms with van der Waals surface area (Å²) in [4.78, 5) is 12.2. The number of carbonyl (C=O) groups excluding carboxylic acids is 1. The molecule has 6 heteroatoms. The minimum Gasteiger partial charge on any atom is -0.488 e. The van der Waals surface area contributed by atoms with Gasteiger partial charge in [0.15, 0.2) is 0 Å². The van der Waals surface area contributed by atoms with Crippen molar-refractivity contribution in [1.82, 2.24) is 5.43 Å². The van der Waals surface area contributed by atoms with Crippen LogP contribution in [-0.4, -0.2) is 12.2 Å². The van der Waals surface area contributed by atoms with Crippen LogP contribution < -0.4 is 15.5 Å². The monoisotopic (exact) mass is 427 g/mol. The summed E-state index contributed by atoms with van der Waals surface area (Å²) in [6, 6.07) is 24.9. The second-order valence-corrected chi connectivity index (χ2v) is 7.25. The van der Waals surface area contributed by atoms with Crippen LogP contribution in [0.15, 0.2) is 90.0 Å². The molecule has 0 bridgehead atoms. The van der Waals surface area contributed by atoms with Crippen molar-refractivity contribution in [1.29, 1.82) is 0 Å². The Morgan fingerprint density at radius 3 is 2.53 bits per heavy atom. The number of hydrogen-bond acceptors (Lipinski definition) is 3. The number of carbonyl (C=O) groups is 1. The second kappa shape index (κ2) is 9.75. The average Bonchev–Trinajstić information content (AvgIpc) is 2.81. The molecule has 0 fully saturated rings. The number of benzene rings is 4. The summed E-state index contributed by atoms with van der Waals surface area (Å²) in [6.45, 7) is 2.19. The van der Waals surface area contributed by atoms with Crippen LogP contribution in [0, 0.1) is 12.7 Å². The first-order chi connectivity index (χ1) is 15.6. The smallest absolute Gasteiger partial charge is 0.339 e. The molecule has 4 aromatic carbocycles. The summed E-state index contributed by atoms with van der Waals surface area (Å²) in [7, 11) is 0. The number of nitrogens with zero attached hydrogens (tertiary/aromatic N) is 1. The highest BCUT2D eigenvalue weighted by Crippen LogP contribution is 2.27. The molecule has 4 aromatic rings. The van der Waals surface area contributed by atoms with E-state index >= 15 is 0 Å². The van der Waals surface area contributed by atoms with Gasteiger partial charge in [-0.2, -0.15) is 5.10 Å². The molecular formula is C26H22FN3O2. The van der Waals surface area contributed by atoms with E-state index < -0.39 is 6.03 Å². The van der Waals surface area contributed by atoms with Crippen LogP contribution in [-0.2, 0) is 6.61 Å². The van der Waals surface area contributed by atoms with E-state index in [1.165, 1.54) is 12.1 Å². The minimum absolute atomic E-state index is 0.278. The van der Waals surface area contributed by atoms with Gasteiger partial charge in [-0.15, -0.1) is 0 Å². The van der Waals surface area contributed by atoms with Gasteiger partial charge in [0.2, 0.25) is 0 Å². The van der Waals surface area contributed by atoms with Crippen molar-refractivity contribution in [3.05, 3.63) is 107 Å². The molecule has 0 saturated carbocycles. The van der Waals surface area contributed by atoms with Gasteiger partial charge >= 0.3 is 6.03 Å². The first kappa shape index (κ1) is 21.1. The van der Waals surface area contributed by atoms with Crippen LogP contribution in [0.1, 0.15) is 16.7 Å². The summed E-state index contributed by atoms with van der Waals surface area (Å²) in [6.07, 6.45) is 1.57. The number of rotatable bonds is 6. The van der Waals surface area contributed by atoms with E-state index in [1.807, 2.05) is 67.6 Å². The maximum Gasteiger partial charge on any atom is 0.339 e. The van der Waals surface area contributed by atoms with Gasteiger partial charge in [-0.1, -0.05) is 60.7 Å². The van der Waals surface area contributed by atoms with Crippen molar-refractivity contribution in [2.75, 3.05) is 5.32 Å². The molecule has 0 spiro atoms. The SMILES string of the molecule is Cc1ccccc1NC(=O)NN=Cc1c(OCc2ccc(F)cc2)ccc2ccccc12. The Morgan fingerprint density at radius 1 is 0.969 bits per heavy atom. The Balaban J connectivity index is 1.53. The fraction of sp³-hybridized carbons (Fsp3) is 0.0769. The lowest BCUT2D eigenvalue weighted by atomic mass is 10.0. The highest BCUT2D eigenvalue weighted by molar-refractivity contribution is 6.03. The second-order valence-electron chi connectivity index (χ2n) is 7.25. The summed E-state index contributed by atoms with van der Waals surface area (Å²) >= 11 is 0. The number of urea groups is 1. The zero-order valence-corrected chi connectivity index (χ0v) is 17.5. The number of anilines is 1. The number of hydrazone groups is 1. The lowest BCUT2D eigenvalue weighted by Gasteiger charge is -2.12. The maximum atomic E-state index is 13.2. The predicted octanol–water partition coefficient (Wildman–Crippen LogP) is 6.02. The molecule has 0 heterocycles. The molecule has 4 rings (SSSR count). The van der Waals surface area contributed by atoms with E-state index in [4.69, 9.17) is 4.74 Å². The van der Waals surface area contributed by atoms with Gasteiger partial charge < -0.3 is 10.1 Å². The first-order valence-corrected chi connectivity index (χ1v) is 10.1. The predicted molar refractivity (Wildman–Crippen MR) is 126 cm³/mol. The maximum absolute atomic E-state index is 13.2. The van der Waals surface area contributed by atoms with Gasteiger partial charge in [0, 0.05) is 11.3 Å². The van der Waals surface area contributed by atoms with Crippen molar-refractivity contribution >= 4 is 28.7 Å². The molecule has 0 aliphatic heterocycles. The van der Waals surface area contributed by atoms with E-state index in [-0.39, 0.29) is 12.4 Å². The van der Waals surface area contributed by atoms with Gasteiger partial charge in [-0.3, -0.25) is 0 Å². The Bertz CT molecular complexity index is 1270. The normalized spacial score (nSPS) is 10.9. The van der Waals surface area contributed by atoms with Crippen molar-refractivity contribution in [2.24, 2.45) is 5.10 Å². The number of para-hydroxylation sites is 1. The van der Waals surface area contributed by atoms with Crippen molar-refractivity contribution in [3.63, 3.8) is 0 Å². The lowest BCUT2D eigenvalue weighted by molar-refractivity contribution is 0.252. The van der Waals surface area contributed by atoms with Crippen molar-refractivity contribution in [2.45, 2.75) is 13.5 Å². The van der Waals surface area contributed by atoms with Gasteiger partial charge in [-0.25, -0.2) is 14.6 Å². The molecule has 0 saturated heterocycles. The topological polar surface area (TPSA) is 62.7 Å². The number of nitrogens with one attached hydrogen (secondary N) is 2. The summed E-state index contributed by atoms with van der Waals surface area (Å²) < 4.78 is 19.2. The Morgan fingerprint density at radius 2 is 1.72 bits per heavy atom. The van der Waals surface area contributed by atoms with Crippen molar-refractivity contribution in [3.8, 4) is 5.75 Å². The van der Waals surface area contributed by atoms with Crippen molar-refractivity contribution < 1.29 is 13.9 Å². The molecule has 0 radical (unpaired) electrons. The molecule has 0 atom stereocenters. The molecule has 0 unspecified atom stereocenters. The van der Waals surface area contributed by atoms with Crippen LogP contribution >= 0.6 is 0 Å². The fourth-order valence-electron chi connectivity index (χ4n) is 3.30. The largest absolute Gasteiger partial charge is 0.488 e. The van der Waals surface area contributed by atoms with E-state index in [9.17, 15) is 9.18 Å². The van der Waals surface area contributed by atoms with E-state index in [0.29, 0.717) is 11.4 Å². The molecule has 0 aliphatic carbocycles. The number of fused-ring (bicyclic) bond motifs is 1. The number of amides is 2. The zero-order chi connectivity index (χ0) is 22.3. The van der Waals surface area contributed by atoms with E-state index in [1.54, 1.807) is 18.3 Å². The molecule has 32 heavy (non-hydrogen) atoms. The third-order valence-corrected chi connectivity index (χ3v) is 4.99. The highest BCUT2D eigenvalue weighted by atomic mass is 19.1.